The Morgan fingerprint density at radius 3 is 2.26 bits per heavy atom. The zero-order valence-corrected chi connectivity index (χ0v) is 17.2. The maximum atomic E-state index is 12.0. The topological polar surface area (TPSA) is 165 Å². The Kier molecular flexibility index (Phi) is 5.63. The van der Waals surface area contributed by atoms with Crippen LogP contribution in [0, 0.1) is 35.8 Å². The van der Waals surface area contributed by atoms with Gasteiger partial charge in [0.2, 0.25) is 0 Å². The van der Waals surface area contributed by atoms with E-state index in [0.29, 0.717) is 26.3 Å². The molecule has 0 bridgehead atoms. The molecule has 1 N–H and O–H groups in total. The second-order valence-corrected chi connectivity index (χ2v) is 7.97. The number of nitro benzene ring substituents is 2. The van der Waals surface area contributed by atoms with Gasteiger partial charge in [-0.2, -0.15) is 0 Å². The number of nitrogens with zero attached hydrogens (tertiary/aromatic N) is 5. The van der Waals surface area contributed by atoms with E-state index in [1.54, 1.807) is 20.1 Å². The molecule has 1 aromatic rings. The Bertz CT molecular complexity index is 1020. The minimum absolute atomic E-state index is 0.0300. The van der Waals surface area contributed by atoms with Crippen molar-refractivity contribution in [2.45, 2.75) is 19.8 Å². The molecule has 1 fully saturated rings. The largest absolute Gasteiger partial charge is 0.490 e. The zero-order valence-electron chi connectivity index (χ0n) is 17.2. The summed E-state index contributed by atoms with van der Waals surface area (Å²) < 4.78 is 7.23. The van der Waals surface area contributed by atoms with E-state index in [1.807, 2.05) is 4.58 Å². The first kappa shape index (κ1) is 22.1. The van der Waals surface area contributed by atoms with Gasteiger partial charge in [-0.3, -0.25) is 30.3 Å². The van der Waals surface area contributed by atoms with Gasteiger partial charge in [0.1, 0.15) is 25.1 Å². The first-order chi connectivity index (χ1) is 14.5. The molecule has 1 atom stereocenters. The van der Waals surface area contributed by atoms with Crippen molar-refractivity contribution in [2.24, 2.45) is 5.41 Å². The minimum Gasteiger partial charge on any atom is -0.490 e. The number of hydrogen-bond acceptors (Lipinski definition) is 9. The second-order valence-electron chi connectivity index (χ2n) is 7.97. The zero-order chi connectivity index (χ0) is 23.1. The summed E-state index contributed by atoms with van der Waals surface area (Å²) in [6.45, 7) is 5.39. The van der Waals surface area contributed by atoms with Crippen LogP contribution < -0.4 is 4.90 Å². The predicted octanol–water partition coefficient (Wildman–Crippen LogP) is 2.18. The lowest BCUT2D eigenvalue weighted by Crippen LogP contribution is -2.40. The molecule has 31 heavy (non-hydrogen) atoms. The van der Waals surface area contributed by atoms with E-state index in [1.165, 1.54) is 7.05 Å². The average molecular weight is 436 g/mol. The molecule has 1 saturated heterocycles. The highest BCUT2D eigenvalue weighted by atomic mass is 16.6. The highest BCUT2D eigenvalue weighted by Crippen LogP contribution is 2.52. The van der Waals surface area contributed by atoms with Gasteiger partial charge in [0, 0.05) is 18.7 Å². The van der Waals surface area contributed by atoms with E-state index >= 15 is 0 Å². The molecule has 2 aliphatic heterocycles. The Labute approximate surface area is 176 Å². The number of benzene rings is 1. The van der Waals surface area contributed by atoms with Gasteiger partial charge >= 0.3 is 5.70 Å². The van der Waals surface area contributed by atoms with Crippen molar-refractivity contribution in [3.05, 3.63) is 59.6 Å². The molecule has 166 valence electrons. The van der Waals surface area contributed by atoms with Crippen LogP contribution in [-0.2, 0) is 4.74 Å². The summed E-state index contributed by atoms with van der Waals surface area (Å²) in [5.74, 6) is -1.93. The summed E-state index contributed by atoms with van der Waals surface area (Å²) in [6.07, 6.45) is 1.76. The normalized spacial score (nSPS) is 19.1. The van der Waals surface area contributed by atoms with Gasteiger partial charge in [0.15, 0.2) is 13.1 Å². The molecule has 2 heterocycles. The summed E-state index contributed by atoms with van der Waals surface area (Å²) in [6, 6.07) is 1.89. The van der Waals surface area contributed by atoms with Crippen molar-refractivity contribution in [3.63, 3.8) is 0 Å². The van der Waals surface area contributed by atoms with E-state index in [2.05, 4.69) is 0 Å². The number of rotatable bonds is 5. The summed E-state index contributed by atoms with van der Waals surface area (Å²) in [5, 5.41) is 45.7. The maximum absolute atomic E-state index is 12.0. The monoisotopic (exact) mass is 436 g/mol. The van der Waals surface area contributed by atoms with Crippen LogP contribution in [0.5, 0.6) is 0 Å². The number of nitro groups is 3. The van der Waals surface area contributed by atoms with Crippen molar-refractivity contribution >= 4 is 23.3 Å². The third-order valence-electron chi connectivity index (χ3n) is 5.48. The highest BCUT2D eigenvalue weighted by molar-refractivity contribution is 5.78. The molecule has 0 amide bonds. The van der Waals surface area contributed by atoms with Crippen LogP contribution in [-0.4, -0.2) is 64.0 Å². The lowest BCUT2D eigenvalue weighted by Gasteiger charge is -2.35. The molecule has 1 aromatic carbocycles. The fourth-order valence-corrected chi connectivity index (χ4v) is 4.20. The predicted molar refractivity (Wildman–Crippen MR) is 108 cm³/mol. The number of morpholine rings is 1. The SMILES string of the molecule is CN1C(O)=C([N+](=O)[O-])C(C(C)(C)C=[N+]2CCOCC2)c2cc([N+](=O)[O-])cc([N+](=O)[O-])c21. The number of non-ortho nitro benzene ring substituents is 1. The fraction of sp³-hybridized carbons (Fsp3) is 0.500. The van der Waals surface area contributed by atoms with E-state index < -0.39 is 49.1 Å². The average Bonchev–Trinajstić information content (AvgIpc) is 2.69. The molecule has 0 radical (unpaired) electrons. The van der Waals surface area contributed by atoms with Crippen molar-refractivity contribution < 1.29 is 29.2 Å². The van der Waals surface area contributed by atoms with Crippen LogP contribution in [0.3, 0.4) is 0 Å². The number of hydrogen-bond donors (Lipinski definition) is 1. The first-order valence-electron chi connectivity index (χ1n) is 9.41. The third kappa shape index (κ3) is 3.91. The Balaban J connectivity index is 2.33. The van der Waals surface area contributed by atoms with E-state index in [0.717, 1.165) is 17.0 Å². The van der Waals surface area contributed by atoms with Gasteiger partial charge in [-0.1, -0.05) is 0 Å². The minimum atomic E-state index is -1.19. The van der Waals surface area contributed by atoms with Gasteiger partial charge in [-0.25, -0.2) is 4.58 Å². The number of anilines is 1. The van der Waals surface area contributed by atoms with Crippen LogP contribution >= 0.6 is 0 Å². The van der Waals surface area contributed by atoms with Gasteiger partial charge < -0.3 is 14.7 Å². The number of fused-ring (bicyclic) bond motifs is 1. The third-order valence-corrected chi connectivity index (χ3v) is 5.48. The highest BCUT2D eigenvalue weighted by Gasteiger charge is 2.51. The van der Waals surface area contributed by atoms with Crippen LogP contribution in [0.25, 0.3) is 0 Å². The summed E-state index contributed by atoms with van der Waals surface area (Å²) in [7, 11) is 1.24. The molecule has 3 rings (SSSR count). The van der Waals surface area contributed by atoms with Crippen LogP contribution in [0.1, 0.15) is 25.3 Å². The van der Waals surface area contributed by atoms with Crippen LogP contribution in [0.2, 0.25) is 0 Å². The lowest BCUT2D eigenvalue weighted by atomic mass is 9.71. The van der Waals surface area contributed by atoms with E-state index in [-0.39, 0.29) is 11.3 Å². The quantitative estimate of drug-likeness (QED) is 0.413. The molecule has 0 saturated carbocycles. The summed E-state index contributed by atoms with van der Waals surface area (Å²) >= 11 is 0. The number of aliphatic hydroxyl groups is 1. The molecular formula is C18H22N5O8+. The molecule has 0 aliphatic carbocycles. The number of aliphatic hydroxyl groups excluding tert-OH is 1. The molecule has 2 aliphatic rings. The Hall–Kier alpha value is -3.61. The van der Waals surface area contributed by atoms with Gasteiger partial charge in [-0.05, 0) is 13.8 Å². The maximum Gasteiger partial charge on any atom is 0.314 e. The Morgan fingerprint density at radius 1 is 1.13 bits per heavy atom. The summed E-state index contributed by atoms with van der Waals surface area (Å²) in [5.41, 5.74) is -2.89. The number of allylic oxidation sites excluding steroid dienone is 1. The van der Waals surface area contributed by atoms with Gasteiger partial charge in [0.05, 0.1) is 32.2 Å². The lowest BCUT2D eigenvalue weighted by molar-refractivity contribution is -0.548. The van der Waals surface area contributed by atoms with Gasteiger partial charge in [-0.15, -0.1) is 0 Å². The molecule has 0 aromatic heterocycles. The molecule has 13 heteroatoms. The van der Waals surface area contributed by atoms with E-state index in [9.17, 15) is 35.4 Å². The van der Waals surface area contributed by atoms with Crippen LogP contribution in [0.15, 0.2) is 23.7 Å². The smallest absolute Gasteiger partial charge is 0.314 e. The summed E-state index contributed by atoms with van der Waals surface area (Å²) in [4.78, 5) is 33.7. The van der Waals surface area contributed by atoms with Crippen molar-refractivity contribution in [2.75, 3.05) is 38.3 Å². The fourth-order valence-electron chi connectivity index (χ4n) is 4.20. The van der Waals surface area contributed by atoms with Gasteiger partial charge in [0.25, 0.3) is 17.3 Å². The van der Waals surface area contributed by atoms with Crippen molar-refractivity contribution in [1.29, 1.82) is 0 Å². The van der Waals surface area contributed by atoms with Crippen LogP contribution in [0.4, 0.5) is 17.1 Å². The van der Waals surface area contributed by atoms with E-state index in [4.69, 9.17) is 4.74 Å². The second kappa shape index (κ2) is 7.91. The standard InChI is InChI=1S/C18H21N5O8/c1-18(2,10-20-4-6-31-7-5-20)14-12-8-11(21(25)26)9-13(22(27)28)15(12)19(3)17(24)16(14)23(29)30/h8-10,14H,4-7H2,1-3H3/p+1. The van der Waals surface area contributed by atoms with Crippen molar-refractivity contribution in [1.82, 2.24) is 0 Å². The molecule has 1 unspecified atom stereocenters. The molecule has 0 spiro atoms. The Morgan fingerprint density at radius 2 is 1.74 bits per heavy atom. The molecular weight excluding hydrogens is 414 g/mol. The molecule has 13 nitrogen and oxygen atoms in total. The van der Waals surface area contributed by atoms with Crippen molar-refractivity contribution in [3.8, 4) is 0 Å². The first-order valence-corrected chi connectivity index (χ1v) is 9.41. The number of ether oxygens (including phenoxy) is 1.